The van der Waals surface area contributed by atoms with E-state index in [2.05, 4.69) is 20.4 Å². The first-order valence-electron chi connectivity index (χ1n) is 11.5. The number of anilines is 1. The van der Waals surface area contributed by atoms with Gasteiger partial charge in [-0.3, -0.25) is 18.8 Å². The van der Waals surface area contributed by atoms with Crippen LogP contribution in [0.3, 0.4) is 0 Å². The van der Waals surface area contributed by atoms with E-state index < -0.39 is 0 Å². The maximum Gasteiger partial charge on any atom is 0.328 e. The van der Waals surface area contributed by atoms with Gasteiger partial charge in [0.05, 0.1) is 23.5 Å². The van der Waals surface area contributed by atoms with E-state index in [1.807, 2.05) is 49.4 Å². The number of nitrogens with one attached hydrogen (secondary N) is 1. The van der Waals surface area contributed by atoms with E-state index in [0.29, 0.717) is 30.5 Å². The summed E-state index contributed by atoms with van der Waals surface area (Å²) in [7, 11) is 3.48. The van der Waals surface area contributed by atoms with E-state index in [9.17, 15) is 9.59 Å². The molecule has 1 saturated heterocycles. The molecule has 1 aliphatic rings. The third-order valence-corrected chi connectivity index (χ3v) is 6.52. The van der Waals surface area contributed by atoms with Gasteiger partial charge >= 0.3 is 5.69 Å². The summed E-state index contributed by atoms with van der Waals surface area (Å²) in [5.74, 6) is 0.975. The van der Waals surface area contributed by atoms with Crippen molar-refractivity contribution in [3.05, 3.63) is 64.4 Å². The second kappa shape index (κ2) is 8.90. The van der Waals surface area contributed by atoms with Crippen LogP contribution in [-0.2, 0) is 25.4 Å². The summed E-state index contributed by atoms with van der Waals surface area (Å²) in [4.78, 5) is 31.9. The van der Waals surface area contributed by atoms with Gasteiger partial charge in [0.1, 0.15) is 0 Å². The van der Waals surface area contributed by atoms with Gasteiger partial charge in [-0.05, 0) is 50.6 Å². The highest BCUT2D eigenvalue weighted by molar-refractivity contribution is 5.94. The molecular weight excluding hydrogens is 432 g/mol. The molecule has 2 aromatic carbocycles. The predicted molar refractivity (Wildman–Crippen MR) is 129 cm³/mol. The number of imidazole rings is 1. The monoisotopic (exact) mass is 460 g/mol. The molecule has 2 aromatic heterocycles. The first kappa shape index (κ1) is 22.1. The number of amides is 1. The van der Waals surface area contributed by atoms with Gasteiger partial charge in [0, 0.05) is 31.9 Å². The van der Waals surface area contributed by atoms with Crippen LogP contribution in [0, 0.1) is 12.8 Å². The Bertz CT molecular complexity index is 1420. The van der Waals surface area contributed by atoms with Crippen molar-refractivity contribution in [3.63, 3.8) is 0 Å². The summed E-state index contributed by atoms with van der Waals surface area (Å²) in [6.07, 6.45) is 1.75. The highest BCUT2D eigenvalue weighted by Gasteiger charge is 2.27. The van der Waals surface area contributed by atoms with Crippen molar-refractivity contribution in [2.75, 3.05) is 18.4 Å². The Hall–Kier alpha value is -3.72. The molecule has 1 amide bonds. The lowest BCUT2D eigenvalue weighted by Gasteiger charge is -2.30. The topological polar surface area (TPSA) is 98.2 Å². The van der Waals surface area contributed by atoms with E-state index in [0.717, 1.165) is 41.5 Å². The first-order valence-corrected chi connectivity index (χ1v) is 11.5. The van der Waals surface area contributed by atoms with Crippen LogP contribution in [0.4, 0.5) is 5.69 Å². The number of aryl methyl sites for hydroxylation is 3. The molecule has 1 aliphatic heterocycles. The quantitative estimate of drug-likeness (QED) is 0.492. The predicted octanol–water partition coefficient (Wildman–Crippen LogP) is 3.09. The SMILES string of the molecule is Cc1cccc(-c2noc(CN3CCCC(C(=O)Nc4ccc5c(c4)n(C)c(=O)n5C)C3)n2)c1. The number of nitrogens with zero attached hydrogens (tertiary/aromatic N) is 5. The zero-order valence-corrected chi connectivity index (χ0v) is 19.6. The average molecular weight is 461 g/mol. The average Bonchev–Trinajstić information content (AvgIpc) is 3.38. The molecule has 9 heteroatoms. The Morgan fingerprint density at radius 1 is 1.15 bits per heavy atom. The van der Waals surface area contributed by atoms with Crippen LogP contribution in [0.25, 0.3) is 22.4 Å². The Balaban J connectivity index is 1.24. The lowest BCUT2D eigenvalue weighted by Crippen LogP contribution is -2.40. The molecule has 0 spiro atoms. The third kappa shape index (κ3) is 4.26. The van der Waals surface area contributed by atoms with E-state index in [1.165, 1.54) is 0 Å². The van der Waals surface area contributed by atoms with Gasteiger partial charge in [0.25, 0.3) is 0 Å². The molecule has 1 atom stereocenters. The fourth-order valence-electron chi connectivity index (χ4n) is 4.65. The fourth-order valence-corrected chi connectivity index (χ4v) is 4.65. The van der Waals surface area contributed by atoms with Crippen molar-refractivity contribution >= 4 is 22.6 Å². The number of fused-ring (bicyclic) bond motifs is 1. The third-order valence-electron chi connectivity index (χ3n) is 6.52. The molecule has 0 radical (unpaired) electrons. The van der Waals surface area contributed by atoms with Gasteiger partial charge in [0.2, 0.25) is 17.6 Å². The van der Waals surface area contributed by atoms with E-state index in [1.54, 1.807) is 23.2 Å². The first-order chi connectivity index (χ1) is 16.4. The Morgan fingerprint density at radius 2 is 1.97 bits per heavy atom. The summed E-state index contributed by atoms with van der Waals surface area (Å²) in [6.45, 7) is 4.05. The van der Waals surface area contributed by atoms with Crippen molar-refractivity contribution < 1.29 is 9.32 Å². The highest BCUT2D eigenvalue weighted by atomic mass is 16.5. The van der Waals surface area contributed by atoms with E-state index >= 15 is 0 Å². The Labute approximate surface area is 197 Å². The van der Waals surface area contributed by atoms with Gasteiger partial charge in [-0.25, -0.2) is 4.79 Å². The fraction of sp³-hybridized carbons (Fsp3) is 0.360. The molecule has 0 bridgehead atoms. The zero-order chi connectivity index (χ0) is 23.8. The number of hydrogen-bond donors (Lipinski definition) is 1. The number of aromatic nitrogens is 4. The van der Waals surface area contributed by atoms with E-state index in [4.69, 9.17) is 4.52 Å². The van der Waals surface area contributed by atoms with Gasteiger partial charge in [-0.15, -0.1) is 0 Å². The number of piperidine rings is 1. The van der Waals surface area contributed by atoms with Crippen molar-refractivity contribution in [1.82, 2.24) is 24.2 Å². The summed E-state index contributed by atoms with van der Waals surface area (Å²) < 4.78 is 8.67. The normalized spacial score (nSPS) is 16.7. The minimum Gasteiger partial charge on any atom is -0.338 e. The molecule has 1 unspecified atom stereocenters. The molecule has 0 aliphatic carbocycles. The van der Waals surface area contributed by atoms with Gasteiger partial charge in [0.15, 0.2) is 0 Å². The molecule has 176 valence electrons. The summed E-state index contributed by atoms with van der Waals surface area (Å²) in [5, 5.41) is 7.16. The van der Waals surface area contributed by atoms with Crippen LogP contribution in [0.2, 0.25) is 0 Å². The van der Waals surface area contributed by atoms with Crippen molar-refractivity contribution in [2.45, 2.75) is 26.3 Å². The molecule has 1 N–H and O–H groups in total. The summed E-state index contributed by atoms with van der Waals surface area (Å²) >= 11 is 0. The molecule has 5 rings (SSSR count). The second-order valence-corrected chi connectivity index (χ2v) is 9.05. The summed E-state index contributed by atoms with van der Waals surface area (Å²) in [5.41, 5.74) is 4.29. The molecule has 1 fully saturated rings. The maximum absolute atomic E-state index is 13.0. The number of hydrogen-bond acceptors (Lipinski definition) is 6. The van der Waals surface area contributed by atoms with Gasteiger partial charge in [-0.1, -0.05) is 28.9 Å². The number of carbonyl (C=O) groups excluding carboxylic acids is 1. The number of likely N-dealkylation sites (tertiary alicyclic amines) is 1. The van der Waals surface area contributed by atoms with Crippen LogP contribution in [0.5, 0.6) is 0 Å². The minimum absolute atomic E-state index is 0.0176. The van der Waals surface area contributed by atoms with Crippen LogP contribution in [0.1, 0.15) is 24.3 Å². The summed E-state index contributed by atoms with van der Waals surface area (Å²) in [6, 6.07) is 13.5. The zero-order valence-electron chi connectivity index (χ0n) is 19.6. The van der Waals surface area contributed by atoms with Crippen LogP contribution in [0.15, 0.2) is 51.8 Å². The molecule has 9 nitrogen and oxygen atoms in total. The van der Waals surface area contributed by atoms with Gasteiger partial charge in [-0.2, -0.15) is 4.98 Å². The Morgan fingerprint density at radius 3 is 2.79 bits per heavy atom. The molecular formula is C25H28N6O3. The highest BCUT2D eigenvalue weighted by Crippen LogP contribution is 2.23. The molecule has 34 heavy (non-hydrogen) atoms. The number of benzene rings is 2. The van der Waals surface area contributed by atoms with Crippen LogP contribution in [-0.4, -0.2) is 43.2 Å². The van der Waals surface area contributed by atoms with Crippen LogP contribution >= 0.6 is 0 Å². The lowest BCUT2D eigenvalue weighted by atomic mass is 9.97. The van der Waals surface area contributed by atoms with Crippen molar-refractivity contribution in [2.24, 2.45) is 20.0 Å². The number of carbonyl (C=O) groups is 1. The molecule has 0 saturated carbocycles. The standard InChI is InChI=1S/C25H28N6O3/c1-16-6-4-7-17(12-16)23-27-22(34-28-23)15-31-11-5-8-18(14-31)24(32)26-19-9-10-20-21(13-19)30(3)25(33)29(20)2/h4,6-7,9-10,12-13,18H,5,8,11,14-15H2,1-3H3,(H,26,32). The molecule has 3 heterocycles. The van der Waals surface area contributed by atoms with Crippen molar-refractivity contribution in [3.8, 4) is 11.4 Å². The largest absolute Gasteiger partial charge is 0.338 e. The second-order valence-electron chi connectivity index (χ2n) is 9.05. The molecule has 4 aromatic rings. The maximum atomic E-state index is 13.0. The Kier molecular flexibility index (Phi) is 5.79. The smallest absolute Gasteiger partial charge is 0.328 e. The van der Waals surface area contributed by atoms with Gasteiger partial charge < -0.3 is 9.84 Å². The minimum atomic E-state index is -0.136. The van der Waals surface area contributed by atoms with Crippen molar-refractivity contribution in [1.29, 1.82) is 0 Å². The van der Waals surface area contributed by atoms with E-state index in [-0.39, 0.29) is 17.5 Å². The van der Waals surface area contributed by atoms with Crippen LogP contribution < -0.4 is 11.0 Å². The lowest BCUT2D eigenvalue weighted by molar-refractivity contribution is -0.121. The number of rotatable bonds is 5.